The molecule has 2 aliphatic rings. The molecule has 0 nitrogen and oxygen atoms in total. The molecule has 2 aliphatic carbocycles. The van der Waals surface area contributed by atoms with E-state index in [-0.39, 0.29) is 0 Å². The summed E-state index contributed by atoms with van der Waals surface area (Å²) >= 11 is 0. The summed E-state index contributed by atoms with van der Waals surface area (Å²) in [6, 6.07) is 0. The van der Waals surface area contributed by atoms with Crippen molar-refractivity contribution in [3.05, 3.63) is 22.8 Å². The van der Waals surface area contributed by atoms with Gasteiger partial charge in [0.1, 0.15) is 0 Å². The highest BCUT2D eigenvalue weighted by Gasteiger charge is 2.18. The maximum atomic E-state index is 2.35. The highest BCUT2D eigenvalue weighted by atomic mass is 14.2. The summed E-state index contributed by atoms with van der Waals surface area (Å²) in [6.07, 6.45) is 6.37. The van der Waals surface area contributed by atoms with Gasteiger partial charge in [-0.15, -0.1) is 0 Å². The van der Waals surface area contributed by atoms with Crippen molar-refractivity contribution in [3.63, 3.8) is 0 Å². The zero-order valence-electron chi connectivity index (χ0n) is 5.20. The molecule has 0 aromatic heterocycles. The van der Waals surface area contributed by atoms with Gasteiger partial charge in [0.2, 0.25) is 0 Å². The Morgan fingerprint density at radius 2 is 2.25 bits per heavy atom. The molecule has 0 aromatic rings. The summed E-state index contributed by atoms with van der Waals surface area (Å²) in [5.74, 6) is 0. The summed E-state index contributed by atoms with van der Waals surface area (Å²) < 4.78 is 0. The van der Waals surface area contributed by atoms with Crippen LogP contribution in [-0.2, 0) is 0 Å². The molecule has 0 atom stereocenters. The first-order valence-corrected chi connectivity index (χ1v) is 3.24. The van der Waals surface area contributed by atoms with Gasteiger partial charge < -0.3 is 0 Å². The second-order valence-electron chi connectivity index (χ2n) is 2.77. The predicted molar refractivity (Wildman–Crippen MR) is 34.6 cm³/mol. The second-order valence-corrected chi connectivity index (χ2v) is 2.77. The number of hydrogen-bond acceptors (Lipinski definition) is 0. The molecule has 8 heavy (non-hydrogen) atoms. The fourth-order valence-electron chi connectivity index (χ4n) is 1.63. The molecular weight excluding hydrogens is 96.1 g/mol. The zero-order chi connectivity index (χ0) is 5.56. The van der Waals surface area contributed by atoms with Gasteiger partial charge in [0, 0.05) is 0 Å². The Morgan fingerprint density at radius 1 is 1.38 bits per heavy atom. The van der Waals surface area contributed by atoms with Gasteiger partial charge in [0.25, 0.3) is 0 Å². The highest BCUT2D eigenvalue weighted by Crippen LogP contribution is 2.38. The Balaban J connectivity index is 2.47. The molecule has 0 aliphatic heterocycles. The van der Waals surface area contributed by atoms with E-state index < -0.39 is 0 Å². The number of rotatable bonds is 0. The average molecular weight is 106 g/mol. The molecule has 0 N–H and O–H groups in total. The molecule has 0 heteroatoms. The van der Waals surface area contributed by atoms with Crippen LogP contribution in [0.1, 0.15) is 26.2 Å². The summed E-state index contributed by atoms with van der Waals surface area (Å²) in [7, 11) is 0. The van der Waals surface area contributed by atoms with Crippen molar-refractivity contribution < 1.29 is 0 Å². The second kappa shape index (κ2) is 1.25. The molecule has 0 spiro atoms. The minimum absolute atomic E-state index is 1.31. The SMILES string of the molecule is CC1=C2CCC(=C1)C2. The molecule has 1 saturated carbocycles. The minimum atomic E-state index is 1.31. The van der Waals surface area contributed by atoms with Crippen LogP contribution < -0.4 is 0 Å². The minimum Gasteiger partial charge on any atom is -0.0656 e. The Morgan fingerprint density at radius 3 is 2.50 bits per heavy atom. The number of allylic oxidation sites excluding steroid dienone is 4. The van der Waals surface area contributed by atoms with Crippen molar-refractivity contribution >= 4 is 0 Å². The van der Waals surface area contributed by atoms with Crippen LogP contribution in [0, 0.1) is 0 Å². The Hall–Kier alpha value is -0.520. The van der Waals surface area contributed by atoms with E-state index in [4.69, 9.17) is 0 Å². The molecule has 0 heterocycles. The zero-order valence-corrected chi connectivity index (χ0v) is 5.20. The van der Waals surface area contributed by atoms with E-state index in [1.807, 2.05) is 0 Å². The third-order valence-electron chi connectivity index (χ3n) is 2.17. The fraction of sp³-hybridized carbons (Fsp3) is 0.500. The molecule has 0 amide bonds. The standard InChI is InChI=1S/C8H10/c1-6-4-7-2-3-8(6)5-7/h4H,2-3,5H2,1H3. The number of hydrogen-bond donors (Lipinski definition) is 0. The van der Waals surface area contributed by atoms with Crippen molar-refractivity contribution in [1.82, 2.24) is 0 Å². The summed E-state index contributed by atoms with van der Waals surface area (Å²) in [5, 5.41) is 0. The lowest BCUT2D eigenvalue weighted by Crippen LogP contribution is -1.76. The van der Waals surface area contributed by atoms with Crippen LogP contribution in [0.25, 0.3) is 0 Å². The fourth-order valence-corrected chi connectivity index (χ4v) is 1.63. The third kappa shape index (κ3) is 0.405. The Labute approximate surface area is 49.9 Å². The van der Waals surface area contributed by atoms with Gasteiger partial charge in [-0.1, -0.05) is 22.8 Å². The van der Waals surface area contributed by atoms with Crippen molar-refractivity contribution in [3.8, 4) is 0 Å². The Kier molecular flexibility index (Phi) is 0.682. The number of fused-ring (bicyclic) bond motifs is 2. The van der Waals surface area contributed by atoms with Crippen molar-refractivity contribution in [1.29, 1.82) is 0 Å². The third-order valence-corrected chi connectivity index (χ3v) is 2.17. The van der Waals surface area contributed by atoms with E-state index >= 15 is 0 Å². The van der Waals surface area contributed by atoms with Crippen LogP contribution in [-0.4, -0.2) is 0 Å². The molecule has 0 radical (unpaired) electrons. The van der Waals surface area contributed by atoms with E-state index in [0.29, 0.717) is 0 Å². The maximum Gasteiger partial charge on any atom is -0.00993 e. The summed E-state index contributed by atoms with van der Waals surface area (Å²) in [4.78, 5) is 0. The van der Waals surface area contributed by atoms with Crippen LogP contribution in [0.4, 0.5) is 0 Å². The monoisotopic (exact) mass is 106 g/mol. The normalized spacial score (nSPS) is 24.9. The molecule has 0 aromatic carbocycles. The van der Waals surface area contributed by atoms with Crippen LogP contribution in [0.15, 0.2) is 22.8 Å². The van der Waals surface area contributed by atoms with E-state index in [1.165, 1.54) is 19.3 Å². The van der Waals surface area contributed by atoms with Gasteiger partial charge in [-0.05, 0) is 26.2 Å². The summed E-state index contributed by atoms with van der Waals surface area (Å²) in [6.45, 7) is 2.22. The van der Waals surface area contributed by atoms with Crippen LogP contribution in [0.3, 0.4) is 0 Å². The maximum absolute atomic E-state index is 2.35. The Bertz CT molecular complexity index is 182. The van der Waals surface area contributed by atoms with E-state index in [0.717, 1.165) is 0 Å². The van der Waals surface area contributed by atoms with Gasteiger partial charge >= 0.3 is 0 Å². The highest BCUT2D eigenvalue weighted by molar-refractivity contribution is 5.42. The van der Waals surface area contributed by atoms with Gasteiger partial charge in [-0.2, -0.15) is 0 Å². The smallest absolute Gasteiger partial charge is 0.00993 e. The molecule has 2 bridgehead atoms. The molecule has 0 unspecified atom stereocenters. The predicted octanol–water partition coefficient (Wildman–Crippen LogP) is 2.43. The molecule has 2 rings (SSSR count). The van der Waals surface area contributed by atoms with Crippen molar-refractivity contribution in [2.45, 2.75) is 26.2 Å². The average Bonchev–Trinajstić information content (AvgIpc) is 2.23. The van der Waals surface area contributed by atoms with Crippen LogP contribution in [0.2, 0.25) is 0 Å². The summed E-state index contributed by atoms with van der Waals surface area (Å²) in [5.41, 5.74) is 4.91. The quantitative estimate of drug-likeness (QED) is 0.445. The van der Waals surface area contributed by atoms with E-state index in [9.17, 15) is 0 Å². The molecule has 1 fully saturated rings. The van der Waals surface area contributed by atoms with Crippen molar-refractivity contribution in [2.24, 2.45) is 0 Å². The van der Waals surface area contributed by atoms with Crippen LogP contribution in [0.5, 0.6) is 0 Å². The van der Waals surface area contributed by atoms with E-state index in [1.54, 1.807) is 16.7 Å². The van der Waals surface area contributed by atoms with Crippen molar-refractivity contribution in [2.75, 3.05) is 0 Å². The van der Waals surface area contributed by atoms with Gasteiger partial charge in [0.05, 0.1) is 0 Å². The lowest BCUT2D eigenvalue weighted by Gasteiger charge is -1.96. The molecule has 0 saturated heterocycles. The lowest BCUT2D eigenvalue weighted by molar-refractivity contribution is 1.02. The van der Waals surface area contributed by atoms with E-state index in [2.05, 4.69) is 13.0 Å². The van der Waals surface area contributed by atoms with Crippen LogP contribution >= 0.6 is 0 Å². The lowest BCUT2D eigenvalue weighted by atomic mass is 10.1. The topological polar surface area (TPSA) is 0 Å². The van der Waals surface area contributed by atoms with Gasteiger partial charge in [-0.3, -0.25) is 0 Å². The van der Waals surface area contributed by atoms with Gasteiger partial charge in [-0.25, -0.2) is 0 Å². The van der Waals surface area contributed by atoms with Gasteiger partial charge in [0.15, 0.2) is 0 Å². The first-order valence-electron chi connectivity index (χ1n) is 3.24. The largest absolute Gasteiger partial charge is 0.0656 e. The first-order chi connectivity index (χ1) is 3.86. The molecular formula is C8H10. The first kappa shape index (κ1) is 4.37. The molecule has 42 valence electrons.